The summed E-state index contributed by atoms with van der Waals surface area (Å²) in [5.41, 5.74) is 2.27. The van der Waals surface area contributed by atoms with E-state index in [2.05, 4.69) is 53.5 Å². The number of hydrogen-bond acceptors (Lipinski definition) is 10. The van der Waals surface area contributed by atoms with E-state index in [9.17, 15) is 20.4 Å². The van der Waals surface area contributed by atoms with Crippen LogP contribution in [0.3, 0.4) is 0 Å². The second-order valence-electron chi connectivity index (χ2n) is 11.9. The number of aryl methyl sites for hydroxylation is 1. The number of ether oxygens (including phenoxy) is 1. The fraction of sp³-hybridized carbons (Fsp3) is 0.455. The Labute approximate surface area is 262 Å². The van der Waals surface area contributed by atoms with Gasteiger partial charge in [-0.1, -0.05) is 72.2 Å². The highest BCUT2D eigenvalue weighted by atomic mass is 35.5. The van der Waals surface area contributed by atoms with E-state index in [1.165, 1.54) is 0 Å². The van der Waals surface area contributed by atoms with E-state index in [0.717, 1.165) is 35.2 Å². The zero-order valence-corrected chi connectivity index (χ0v) is 25.9. The first-order chi connectivity index (χ1) is 21.2. The molecule has 11 heteroatoms. The zero-order chi connectivity index (χ0) is 31.3. The van der Waals surface area contributed by atoms with E-state index < -0.39 is 30.8 Å². The van der Waals surface area contributed by atoms with E-state index in [-0.39, 0.29) is 25.2 Å². The summed E-state index contributed by atoms with van der Waals surface area (Å²) in [6.07, 6.45) is 6.60. The maximum atomic E-state index is 9.96. The minimum absolute atomic E-state index is 0.0847. The van der Waals surface area contributed by atoms with Crippen molar-refractivity contribution < 1.29 is 29.7 Å². The molecule has 44 heavy (non-hydrogen) atoms. The molecule has 0 amide bonds. The van der Waals surface area contributed by atoms with Crippen molar-refractivity contribution in [3.8, 4) is 5.75 Å². The van der Waals surface area contributed by atoms with Gasteiger partial charge in [0.15, 0.2) is 5.82 Å². The molecule has 0 bridgehead atoms. The lowest BCUT2D eigenvalue weighted by Gasteiger charge is -2.37. The van der Waals surface area contributed by atoms with Gasteiger partial charge in [0.2, 0.25) is 5.89 Å². The van der Waals surface area contributed by atoms with Gasteiger partial charge in [-0.2, -0.15) is 4.98 Å². The smallest absolute Gasteiger partial charge is 0.240 e. The first-order valence-corrected chi connectivity index (χ1v) is 15.3. The summed E-state index contributed by atoms with van der Waals surface area (Å²) in [6, 6.07) is 13.6. The fourth-order valence-corrected chi connectivity index (χ4v) is 6.10. The largest absolute Gasteiger partial charge is 0.491 e. The first-order valence-electron chi connectivity index (χ1n) is 14.9. The molecule has 2 heterocycles. The number of likely N-dealkylation sites (tertiary alicyclic amines) is 1. The molecule has 3 aromatic rings. The Morgan fingerprint density at radius 3 is 2.61 bits per heavy atom. The molecule has 0 radical (unpaired) electrons. The van der Waals surface area contributed by atoms with Crippen molar-refractivity contribution in [2.45, 2.75) is 50.4 Å². The summed E-state index contributed by atoms with van der Waals surface area (Å²) in [7, 11) is 0. The summed E-state index contributed by atoms with van der Waals surface area (Å²) in [4.78, 5) is 6.96. The summed E-state index contributed by atoms with van der Waals surface area (Å²) >= 11 is 6.68. The number of β-amino-alcohol motifs (C(OH)–C–C–N with tert-alkyl or cyclic N) is 1. The average molecular weight is 625 g/mol. The zero-order valence-electron chi connectivity index (χ0n) is 25.1. The van der Waals surface area contributed by atoms with Crippen molar-refractivity contribution in [1.29, 1.82) is 0 Å². The van der Waals surface area contributed by atoms with Gasteiger partial charge in [0.05, 0.1) is 48.4 Å². The number of aliphatic hydroxyl groups excluding tert-OH is 4. The van der Waals surface area contributed by atoms with Crippen LogP contribution in [0.15, 0.2) is 65.2 Å². The van der Waals surface area contributed by atoms with Crippen LogP contribution in [0.5, 0.6) is 5.75 Å². The molecule has 236 valence electrons. The van der Waals surface area contributed by atoms with Crippen LogP contribution >= 0.6 is 11.6 Å². The topological polar surface area (TPSA) is 144 Å². The van der Waals surface area contributed by atoms with Gasteiger partial charge < -0.3 is 35.0 Å². The fourth-order valence-electron chi connectivity index (χ4n) is 5.85. The Kier molecular flexibility index (Phi) is 10.2. The van der Waals surface area contributed by atoms with Crippen LogP contribution in [0.25, 0.3) is 5.57 Å². The predicted octanol–water partition coefficient (Wildman–Crippen LogP) is 3.01. The Hall–Kier alpha value is -3.09. The van der Waals surface area contributed by atoms with E-state index >= 15 is 0 Å². The SMILES string of the molecule is Cc1ccccc1C1=CC=CC(COc2ccc(CNC(CO)(CO)CO)cc2Cl)(c2noc(CN3CCC(O)C3)n2)[C@@H]1C. The Morgan fingerprint density at radius 1 is 1.16 bits per heavy atom. The van der Waals surface area contributed by atoms with Crippen LogP contribution in [0.4, 0.5) is 0 Å². The quantitative estimate of drug-likeness (QED) is 0.192. The predicted molar refractivity (Wildman–Crippen MR) is 167 cm³/mol. The molecule has 2 aliphatic rings. The molecule has 0 spiro atoms. The van der Waals surface area contributed by atoms with Gasteiger partial charge in [0.1, 0.15) is 12.4 Å². The van der Waals surface area contributed by atoms with Gasteiger partial charge >= 0.3 is 0 Å². The van der Waals surface area contributed by atoms with Crippen molar-refractivity contribution in [3.63, 3.8) is 0 Å². The number of hydrogen-bond donors (Lipinski definition) is 5. The van der Waals surface area contributed by atoms with Crippen molar-refractivity contribution in [2.75, 3.05) is 39.5 Å². The number of halogens is 1. The number of benzene rings is 2. The number of aromatic nitrogens is 2. The third-order valence-corrected chi connectivity index (χ3v) is 9.19. The molecule has 1 aliphatic heterocycles. The van der Waals surface area contributed by atoms with Crippen molar-refractivity contribution in [2.24, 2.45) is 5.92 Å². The summed E-state index contributed by atoms with van der Waals surface area (Å²) in [6.45, 7) is 5.26. The molecule has 5 N–H and O–H groups in total. The standard InChI is InChI=1S/C33H41ClN4O6/c1-22-6-3-4-7-26(22)27-8-5-12-33(23(27)2,31-36-30(44-37-31)17-38-13-11-25(42)16-38)21-43-29-10-9-24(14-28(29)34)15-35-32(18-39,19-40)20-41/h3-10,12,14,23,25,35,39-42H,11,13,15-21H2,1-2H3/t23-,25?,33?/m1/s1. The third kappa shape index (κ3) is 6.77. The third-order valence-electron chi connectivity index (χ3n) is 8.89. The maximum absolute atomic E-state index is 9.96. The number of aliphatic hydroxyl groups is 4. The highest BCUT2D eigenvalue weighted by Crippen LogP contribution is 2.44. The van der Waals surface area contributed by atoms with Gasteiger partial charge in [-0.25, -0.2) is 0 Å². The van der Waals surface area contributed by atoms with Gasteiger partial charge in [-0.3, -0.25) is 4.90 Å². The van der Waals surface area contributed by atoms with E-state index in [1.807, 2.05) is 24.3 Å². The highest BCUT2D eigenvalue weighted by Gasteiger charge is 2.45. The van der Waals surface area contributed by atoms with Crippen LogP contribution in [0, 0.1) is 12.8 Å². The molecule has 10 nitrogen and oxygen atoms in total. The Bertz CT molecular complexity index is 1480. The van der Waals surface area contributed by atoms with E-state index in [1.54, 1.807) is 12.1 Å². The Morgan fingerprint density at radius 2 is 1.93 bits per heavy atom. The molecule has 2 aromatic carbocycles. The van der Waals surface area contributed by atoms with Gasteiger partial charge in [-0.05, 0) is 47.7 Å². The van der Waals surface area contributed by atoms with Crippen molar-refractivity contribution in [1.82, 2.24) is 20.4 Å². The number of rotatable bonds is 13. The minimum Gasteiger partial charge on any atom is -0.491 e. The molecule has 2 unspecified atom stereocenters. The van der Waals surface area contributed by atoms with Crippen LogP contribution in [-0.2, 0) is 18.5 Å². The number of nitrogens with one attached hydrogen (secondary N) is 1. The van der Waals surface area contributed by atoms with Crippen LogP contribution in [-0.4, -0.2) is 86.6 Å². The van der Waals surface area contributed by atoms with Gasteiger partial charge in [-0.15, -0.1) is 0 Å². The molecule has 1 saturated heterocycles. The average Bonchev–Trinajstić information content (AvgIpc) is 3.68. The van der Waals surface area contributed by atoms with Crippen LogP contribution in [0.1, 0.15) is 41.8 Å². The molecule has 1 aliphatic carbocycles. The highest BCUT2D eigenvalue weighted by molar-refractivity contribution is 6.32. The second kappa shape index (κ2) is 13.9. The number of nitrogens with zero attached hydrogens (tertiary/aromatic N) is 3. The van der Waals surface area contributed by atoms with Crippen LogP contribution < -0.4 is 10.1 Å². The monoisotopic (exact) mass is 624 g/mol. The minimum atomic E-state index is -1.20. The lowest BCUT2D eigenvalue weighted by Crippen LogP contribution is -2.54. The van der Waals surface area contributed by atoms with Crippen molar-refractivity contribution in [3.05, 3.63) is 94.1 Å². The second-order valence-corrected chi connectivity index (χ2v) is 12.3. The molecule has 0 saturated carbocycles. The van der Waals surface area contributed by atoms with Crippen LogP contribution in [0.2, 0.25) is 5.02 Å². The lowest BCUT2D eigenvalue weighted by molar-refractivity contribution is 0.0414. The molecule has 5 rings (SSSR count). The van der Waals surface area contributed by atoms with E-state index in [4.69, 9.17) is 25.8 Å². The first kappa shape index (κ1) is 32.3. The molecular weight excluding hydrogens is 584 g/mol. The maximum Gasteiger partial charge on any atom is 0.240 e. The van der Waals surface area contributed by atoms with E-state index in [0.29, 0.717) is 35.6 Å². The lowest BCUT2D eigenvalue weighted by atomic mass is 9.68. The Balaban J connectivity index is 1.40. The van der Waals surface area contributed by atoms with Gasteiger partial charge in [0, 0.05) is 25.6 Å². The summed E-state index contributed by atoms with van der Waals surface area (Å²) in [5.74, 6) is 1.40. The van der Waals surface area contributed by atoms with Crippen molar-refractivity contribution >= 4 is 17.2 Å². The summed E-state index contributed by atoms with van der Waals surface area (Å²) in [5, 5.41) is 46.6. The summed E-state index contributed by atoms with van der Waals surface area (Å²) < 4.78 is 12.2. The van der Waals surface area contributed by atoms with Gasteiger partial charge in [0.25, 0.3) is 0 Å². The molecule has 1 aromatic heterocycles. The molecule has 3 atom stereocenters. The molecular formula is C33H41ClN4O6. The number of allylic oxidation sites excluding steroid dienone is 3. The molecule has 1 fully saturated rings. The normalized spacial score (nSPS) is 22.4.